The van der Waals surface area contributed by atoms with E-state index in [1.54, 1.807) is 13.8 Å². The lowest BCUT2D eigenvalue weighted by molar-refractivity contribution is -0.274. The van der Waals surface area contributed by atoms with Crippen molar-refractivity contribution < 1.29 is 58.5 Å². The van der Waals surface area contributed by atoms with Crippen LogP contribution in [0.15, 0.2) is 30.3 Å². The number of carbonyl (C=O) groups is 1. The quantitative estimate of drug-likeness (QED) is 0.316. The van der Waals surface area contributed by atoms with Gasteiger partial charge in [-0.25, -0.2) is 4.79 Å². The second kappa shape index (κ2) is 12.0. The molecule has 2 amide bonds. The molecule has 0 unspecified atom stereocenters. The number of anilines is 2. The molecule has 0 atom stereocenters. The van der Waals surface area contributed by atoms with Crippen molar-refractivity contribution in [2.45, 2.75) is 58.5 Å². The normalized spacial score (nSPS) is 12.5. The van der Waals surface area contributed by atoms with Gasteiger partial charge in [-0.3, -0.25) is 9.80 Å². The standard InChI is InChI=1S/C22H23F9N4O4/c1-12(2)34(14-5-7-15(8-6-14)39-22(29,30)31)19(36)35(13(3)4)18-32-16(37-10-20(23,24)25)9-17(33-18)38-11-21(26,27)28/h5-9,12-13H,10-11H2,1-4H3. The van der Waals surface area contributed by atoms with Gasteiger partial charge in [0.2, 0.25) is 17.7 Å². The van der Waals surface area contributed by atoms with Gasteiger partial charge in [-0.05, 0) is 52.0 Å². The number of amides is 2. The van der Waals surface area contributed by atoms with Crippen molar-refractivity contribution >= 4 is 17.7 Å². The van der Waals surface area contributed by atoms with Gasteiger partial charge in [0.15, 0.2) is 13.2 Å². The van der Waals surface area contributed by atoms with Gasteiger partial charge in [0.05, 0.1) is 6.07 Å². The maximum Gasteiger partial charge on any atom is 0.573 e. The van der Waals surface area contributed by atoms with E-state index in [1.165, 1.54) is 13.8 Å². The van der Waals surface area contributed by atoms with Crippen LogP contribution in [0.4, 0.5) is 55.9 Å². The van der Waals surface area contributed by atoms with Gasteiger partial charge in [0.25, 0.3) is 0 Å². The van der Waals surface area contributed by atoms with E-state index in [1.807, 2.05) is 0 Å². The summed E-state index contributed by atoms with van der Waals surface area (Å²) in [6.07, 6.45) is -14.6. The van der Waals surface area contributed by atoms with Gasteiger partial charge in [-0.2, -0.15) is 36.3 Å². The zero-order valence-corrected chi connectivity index (χ0v) is 20.8. The molecular weight excluding hydrogens is 555 g/mol. The summed E-state index contributed by atoms with van der Waals surface area (Å²) in [5.74, 6) is -2.85. The zero-order chi connectivity index (χ0) is 29.8. The first-order valence-corrected chi connectivity index (χ1v) is 11.0. The first-order valence-electron chi connectivity index (χ1n) is 11.0. The van der Waals surface area contributed by atoms with Crippen LogP contribution in [-0.4, -0.2) is 60.0 Å². The molecule has 8 nitrogen and oxygen atoms in total. The second-order valence-corrected chi connectivity index (χ2v) is 8.40. The molecule has 39 heavy (non-hydrogen) atoms. The van der Waals surface area contributed by atoms with E-state index in [0.29, 0.717) is 6.07 Å². The average molecular weight is 578 g/mol. The minimum absolute atomic E-state index is 0.0909. The number of hydrogen-bond acceptors (Lipinski definition) is 6. The van der Waals surface area contributed by atoms with Crippen LogP contribution in [0.5, 0.6) is 17.5 Å². The van der Waals surface area contributed by atoms with Gasteiger partial charge < -0.3 is 14.2 Å². The van der Waals surface area contributed by atoms with Crippen molar-refractivity contribution in [3.05, 3.63) is 30.3 Å². The molecule has 0 fully saturated rings. The summed E-state index contributed by atoms with van der Waals surface area (Å²) in [6.45, 7) is 2.33. The van der Waals surface area contributed by atoms with E-state index in [4.69, 9.17) is 0 Å². The first kappa shape index (κ1) is 31.6. The monoisotopic (exact) mass is 578 g/mol. The number of halogens is 9. The van der Waals surface area contributed by atoms with Crippen LogP contribution in [0.3, 0.4) is 0 Å². The Bertz CT molecular complexity index is 1070. The molecule has 1 heterocycles. The fourth-order valence-corrected chi connectivity index (χ4v) is 3.05. The van der Waals surface area contributed by atoms with Gasteiger partial charge in [-0.15, -0.1) is 13.2 Å². The van der Waals surface area contributed by atoms with Gasteiger partial charge >= 0.3 is 24.7 Å². The molecule has 0 aliphatic carbocycles. The van der Waals surface area contributed by atoms with Crippen molar-refractivity contribution in [2.24, 2.45) is 0 Å². The molecule has 1 aromatic carbocycles. The largest absolute Gasteiger partial charge is 0.573 e. The third-order valence-electron chi connectivity index (χ3n) is 4.44. The Labute approximate surface area is 216 Å². The van der Waals surface area contributed by atoms with Crippen molar-refractivity contribution in [3.8, 4) is 17.5 Å². The Hall–Kier alpha value is -3.66. The van der Waals surface area contributed by atoms with Crippen LogP contribution in [0.25, 0.3) is 0 Å². The highest BCUT2D eigenvalue weighted by Crippen LogP contribution is 2.30. The zero-order valence-electron chi connectivity index (χ0n) is 20.8. The lowest BCUT2D eigenvalue weighted by Crippen LogP contribution is -2.50. The molecule has 0 bridgehead atoms. The minimum atomic E-state index is -4.95. The number of alkyl halides is 9. The number of ether oxygens (including phenoxy) is 3. The van der Waals surface area contributed by atoms with Crippen LogP contribution in [0.2, 0.25) is 0 Å². The second-order valence-electron chi connectivity index (χ2n) is 8.40. The third kappa shape index (κ3) is 10.2. The minimum Gasteiger partial charge on any atom is -0.468 e. The molecular formula is C22H23F9N4O4. The number of rotatable bonds is 9. The van der Waals surface area contributed by atoms with E-state index < -0.39 is 73.5 Å². The molecule has 1 aromatic heterocycles. The summed E-state index contributed by atoms with van der Waals surface area (Å²) >= 11 is 0. The van der Waals surface area contributed by atoms with Crippen LogP contribution < -0.4 is 24.0 Å². The van der Waals surface area contributed by atoms with Crippen molar-refractivity contribution in [3.63, 3.8) is 0 Å². The van der Waals surface area contributed by atoms with Crippen molar-refractivity contribution in [1.82, 2.24) is 9.97 Å². The summed E-state index contributed by atoms with van der Waals surface area (Å²) in [5.41, 5.74) is 0.0909. The molecule has 0 aliphatic rings. The molecule has 2 rings (SSSR count). The van der Waals surface area contributed by atoms with Crippen LogP contribution in [0, 0.1) is 0 Å². The number of hydrogen-bond donors (Lipinski definition) is 0. The summed E-state index contributed by atoms with van der Waals surface area (Å²) in [7, 11) is 0. The maximum absolute atomic E-state index is 13.6. The van der Waals surface area contributed by atoms with Crippen molar-refractivity contribution in [1.29, 1.82) is 0 Å². The van der Waals surface area contributed by atoms with E-state index in [-0.39, 0.29) is 5.69 Å². The lowest BCUT2D eigenvalue weighted by Gasteiger charge is -2.34. The first-order chi connectivity index (χ1) is 17.8. The Balaban J connectivity index is 2.50. The van der Waals surface area contributed by atoms with E-state index in [9.17, 15) is 44.3 Å². The van der Waals surface area contributed by atoms with Crippen molar-refractivity contribution in [2.75, 3.05) is 23.0 Å². The Morgan fingerprint density at radius 3 is 1.56 bits per heavy atom. The van der Waals surface area contributed by atoms with E-state index in [2.05, 4.69) is 24.2 Å². The predicted octanol–water partition coefficient (Wildman–Crippen LogP) is 6.51. The average Bonchev–Trinajstić information content (AvgIpc) is 2.75. The lowest BCUT2D eigenvalue weighted by atomic mass is 10.2. The molecule has 0 saturated heterocycles. The summed E-state index contributed by atoms with van der Waals surface area (Å²) in [5, 5.41) is 0. The maximum atomic E-state index is 13.6. The smallest absolute Gasteiger partial charge is 0.468 e. The SMILES string of the molecule is CC(C)N(C(=O)N(c1nc(OCC(F)(F)F)cc(OCC(F)(F)F)n1)C(C)C)c1ccc(OC(F)(F)F)cc1. The van der Waals surface area contributed by atoms with Gasteiger partial charge in [0.1, 0.15) is 5.75 Å². The molecule has 0 N–H and O–H groups in total. The molecule has 0 aliphatic heterocycles. The number of carbonyl (C=O) groups excluding carboxylic acids is 1. The number of benzene rings is 1. The highest BCUT2D eigenvalue weighted by molar-refractivity contribution is 6.03. The fourth-order valence-electron chi connectivity index (χ4n) is 3.05. The van der Waals surface area contributed by atoms with Gasteiger partial charge in [0, 0.05) is 17.8 Å². The predicted molar refractivity (Wildman–Crippen MR) is 119 cm³/mol. The number of nitrogens with zero attached hydrogens (tertiary/aromatic N) is 4. The van der Waals surface area contributed by atoms with Crippen LogP contribution >= 0.6 is 0 Å². The summed E-state index contributed by atoms with van der Waals surface area (Å²) < 4.78 is 126. The van der Waals surface area contributed by atoms with E-state index >= 15 is 0 Å². The van der Waals surface area contributed by atoms with E-state index in [0.717, 1.165) is 34.1 Å². The molecule has 0 radical (unpaired) electrons. The van der Waals surface area contributed by atoms with Crippen LogP contribution in [0.1, 0.15) is 27.7 Å². The fraction of sp³-hybridized carbons (Fsp3) is 0.500. The Kier molecular flexibility index (Phi) is 9.73. The topological polar surface area (TPSA) is 77.0 Å². The summed E-state index contributed by atoms with van der Waals surface area (Å²) in [6, 6.07) is 2.45. The third-order valence-corrected chi connectivity index (χ3v) is 4.44. The number of urea groups is 1. The molecule has 17 heteroatoms. The Morgan fingerprint density at radius 1 is 0.769 bits per heavy atom. The molecule has 0 spiro atoms. The highest BCUT2D eigenvalue weighted by atomic mass is 19.4. The molecule has 0 saturated carbocycles. The highest BCUT2D eigenvalue weighted by Gasteiger charge is 2.34. The summed E-state index contributed by atoms with van der Waals surface area (Å²) in [4.78, 5) is 23.1. The van der Waals surface area contributed by atoms with Gasteiger partial charge in [-0.1, -0.05) is 0 Å². The number of aromatic nitrogens is 2. The molecule has 218 valence electrons. The Morgan fingerprint density at radius 2 is 1.21 bits per heavy atom. The molecule has 2 aromatic rings. The van der Waals surface area contributed by atoms with Crippen LogP contribution in [-0.2, 0) is 0 Å².